The second kappa shape index (κ2) is 5.51. The zero-order valence-electron chi connectivity index (χ0n) is 6.81. The Morgan fingerprint density at radius 1 is 1.45 bits per heavy atom. The van der Waals surface area contributed by atoms with Crippen LogP contribution in [-0.4, -0.2) is 18.1 Å². The summed E-state index contributed by atoms with van der Waals surface area (Å²) in [4.78, 5) is 0. The molecule has 0 amide bonds. The Kier molecular flexibility index (Phi) is 4.49. The lowest BCUT2D eigenvalue weighted by Gasteiger charge is -2.18. The van der Waals surface area contributed by atoms with Gasteiger partial charge in [-0.15, -0.1) is 5.92 Å². The van der Waals surface area contributed by atoms with Crippen molar-refractivity contribution in [2.24, 2.45) is 11.7 Å². The van der Waals surface area contributed by atoms with Crippen molar-refractivity contribution in [3.8, 4) is 11.8 Å². The highest BCUT2D eigenvalue weighted by Gasteiger charge is 2.11. The molecule has 1 heterocycles. The quantitative estimate of drug-likeness (QED) is 0.602. The molecule has 0 radical (unpaired) electrons. The van der Waals surface area contributed by atoms with Gasteiger partial charge >= 0.3 is 0 Å². The zero-order valence-corrected chi connectivity index (χ0v) is 7.62. The molecule has 11 heavy (non-hydrogen) atoms. The molecule has 1 aliphatic heterocycles. The van der Waals surface area contributed by atoms with E-state index in [1.807, 2.05) is 0 Å². The summed E-state index contributed by atoms with van der Waals surface area (Å²) in [5, 5.41) is 0. The summed E-state index contributed by atoms with van der Waals surface area (Å²) in [6, 6.07) is 0. The lowest BCUT2D eigenvalue weighted by molar-refractivity contribution is 0.537. The minimum absolute atomic E-state index is 0.514. The predicted molar refractivity (Wildman–Crippen MR) is 51.5 cm³/mol. The van der Waals surface area contributed by atoms with E-state index in [2.05, 4.69) is 23.6 Å². The first-order valence-electron chi connectivity index (χ1n) is 4.17. The first-order chi connectivity index (χ1) is 5.43. The van der Waals surface area contributed by atoms with Crippen LogP contribution in [0, 0.1) is 17.8 Å². The highest BCUT2D eigenvalue weighted by Crippen LogP contribution is 2.24. The standard InChI is InChI=1S/C9H15NS/c10-6-2-1-4-9-5-3-7-11-8-9/h9H,3-8,10H2. The molecule has 1 aliphatic rings. The summed E-state index contributed by atoms with van der Waals surface area (Å²) in [7, 11) is 0. The van der Waals surface area contributed by atoms with E-state index in [9.17, 15) is 0 Å². The first kappa shape index (κ1) is 8.96. The van der Waals surface area contributed by atoms with Crippen molar-refractivity contribution < 1.29 is 0 Å². The van der Waals surface area contributed by atoms with Crippen molar-refractivity contribution in [3.63, 3.8) is 0 Å². The largest absolute Gasteiger partial charge is 0.320 e. The maximum atomic E-state index is 5.27. The monoisotopic (exact) mass is 169 g/mol. The molecule has 1 fully saturated rings. The molecule has 1 unspecified atom stereocenters. The van der Waals surface area contributed by atoms with E-state index in [-0.39, 0.29) is 0 Å². The summed E-state index contributed by atoms with van der Waals surface area (Å²) in [5.74, 6) is 9.52. The van der Waals surface area contributed by atoms with Crippen molar-refractivity contribution in [1.82, 2.24) is 0 Å². The van der Waals surface area contributed by atoms with Gasteiger partial charge in [0, 0.05) is 6.42 Å². The number of hydrogen-bond acceptors (Lipinski definition) is 2. The molecule has 0 saturated carbocycles. The molecule has 1 rings (SSSR count). The van der Waals surface area contributed by atoms with E-state index >= 15 is 0 Å². The molecule has 0 aliphatic carbocycles. The Balaban J connectivity index is 2.14. The van der Waals surface area contributed by atoms with Crippen molar-refractivity contribution in [3.05, 3.63) is 0 Å². The minimum atomic E-state index is 0.514. The van der Waals surface area contributed by atoms with Crippen LogP contribution in [0.4, 0.5) is 0 Å². The number of hydrogen-bond donors (Lipinski definition) is 1. The van der Waals surface area contributed by atoms with Crippen LogP contribution in [0.25, 0.3) is 0 Å². The Labute approximate surface area is 73.1 Å². The summed E-state index contributed by atoms with van der Waals surface area (Å²) in [6.45, 7) is 0.514. The molecule has 0 spiro atoms. The molecule has 2 N–H and O–H groups in total. The average Bonchev–Trinajstić information content (AvgIpc) is 2.07. The summed E-state index contributed by atoms with van der Waals surface area (Å²) in [6.07, 6.45) is 3.80. The van der Waals surface area contributed by atoms with Crippen molar-refractivity contribution in [2.75, 3.05) is 18.1 Å². The van der Waals surface area contributed by atoms with Gasteiger partial charge in [-0.05, 0) is 30.3 Å². The number of thioether (sulfide) groups is 1. The van der Waals surface area contributed by atoms with E-state index in [0.717, 1.165) is 12.3 Å². The third kappa shape index (κ3) is 3.69. The SMILES string of the molecule is NCC#CCC1CCCSC1. The molecule has 0 aromatic carbocycles. The molecule has 1 atom stereocenters. The number of rotatable bonds is 1. The van der Waals surface area contributed by atoms with Crippen LogP contribution in [-0.2, 0) is 0 Å². The van der Waals surface area contributed by atoms with Crippen molar-refractivity contribution in [1.29, 1.82) is 0 Å². The van der Waals surface area contributed by atoms with Crippen molar-refractivity contribution in [2.45, 2.75) is 19.3 Å². The summed E-state index contributed by atoms with van der Waals surface area (Å²) < 4.78 is 0. The van der Waals surface area contributed by atoms with Gasteiger partial charge in [0.05, 0.1) is 6.54 Å². The smallest absolute Gasteiger partial charge is 0.0551 e. The molecule has 2 heteroatoms. The highest BCUT2D eigenvalue weighted by atomic mass is 32.2. The van der Waals surface area contributed by atoms with E-state index in [1.165, 1.54) is 24.3 Å². The van der Waals surface area contributed by atoms with Crippen LogP contribution in [0.2, 0.25) is 0 Å². The molecule has 0 bridgehead atoms. The third-order valence-electron chi connectivity index (χ3n) is 1.87. The maximum Gasteiger partial charge on any atom is 0.0551 e. The fourth-order valence-electron chi connectivity index (χ4n) is 1.26. The highest BCUT2D eigenvalue weighted by molar-refractivity contribution is 7.99. The second-order valence-electron chi connectivity index (χ2n) is 2.84. The van der Waals surface area contributed by atoms with Crippen molar-refractivity contribution >= 4 is 11.8 Å². The minimum Gasteiger partial charge on any atom is -0.320 e. The van der Waals surface area contributed by atoms with Gasteiger partial charge < -0.3 is 5.73 Å². The van der Waals surface area contributed by atoms with Gasteiger partial charge in [0.1, 0.15) is 0 Å². The first-order valence-corrected chi connectivity index (χ1v) is 5.32. The Morgan fingerprint density at radius 3 is 3.00 bits per heavy atom. The van der Waals surface area contributed by atoms with E-state index < -0.39 is 0 Å². The molecular formula is C9H15NS. The van der Waals surface area contributed by atoms with Gasteiger partial charge in [0.25, 0.3) is 0 Å². The van der Waals surface area contributed by atoms with E-state index in [0.29, 0.717) is 6.54 Å². The Bertz CT molecular complexity index is 151. The van der Waals surface area contributed by atoms with Crippen LogP contribution in [0.1, 0.15) is 19.3 Å². The zero-order chi connectivity index (χ0) is 7.94. The molecule has 1 nitrogen and oxygen atoms in total. The summed E-state index contributed by atoms with van der Waals surface area (Å²) >= 11 is 2.06. The normalized spacial score (nSPS) is 23.9. The fourth-order valence-corrected chi connectivity index (χ4v) is 2.41. The van der Waals surface area contributed by atoms with Gasteiger partial charge in [0.15, 0.2) is 0 Å². The molecule has 0 aromatic heterocycles. The lowest BCUT2D eigenvalue weighted by Crippen LogP contribution is -2.09. The molecule has 0 aromatic rings. The topological polar surface area (TPSA) is 26.0 Å². The predicted octanol–water partition coefficient (Wildman–Crippen LogP) is 1.48. The van der Waals surface area contributed by atoms with Crippen LogP contribution in [0.5, 0.6) is 0 Å². The van der Waals surface area contributed by atoms with Crippen LogP contribution in [0.15, 0.2) is 0 Å². The number of nitrogens with two attached hydrogens (primary N) is 1. The average molecular weight is 169 g/mol. The second-order valence-corrected chi connectivity index (χ2v) is 3.99. The van der Waals surface area contributed by atoms with Gasteiger partial charge in [-0.2, -0.15) is 11.8 Å². The van der Waals surface area contributed by atoms with E-state index in [4.69, 9.17) is 5.73 Å². The fraction of sp³-hybridized carbons (Fsp3) is 0.778. The Morgan fingerprint density at radius 2 is 2.36 bits per heavy atom. The molecule has 62 valence electrons. The van der Waals surface area contributed by atoms with E-state index in [1.54, 1.807) is 0 Å². The van der Waals surface area contributed by atoms with Gasteiger partial charge in [0.2, 0.25) is 0 Å². The van der Waals surface area contributed by atoms with Crippen LogP contribution >= 0.6 is 11.8 Å². The molecule has 1 saturated heterocycles. The van der Waals surface area contributed by atoms with Crippen LogP contribution < -0.4 is 5.73 Å². The third-order valence-corrected chi connectivity index (χ3v) is 3.16. The lowest BCUT2D eigenvalue weighted by atomic mass is 10.0. The van der Waals surface area contributed by atoms with Gasteiger partial charge in [-0.25, -0.2) is 0 Å². The van der Waals surface area contributed by atoms with Crippen LogP contribution in [0.3, 0.4) is 0 Å². The maximum absolute atomic E-state index is 5.27. The molecular weight excluding hydrogens is 154 g/mol. The van der Waals surface area contributed by atoms with Gasteiger partial charge in [-0.1, -0.05) is 5.92 Å². The summed E-state index contributed by atoms with van der Waals surface area (Å²) in [5.41, 5.74) is 5.27. The Hall–Kier alpha value is -0.130. The van der Waals surface area contributed by atoms with Gasteiger partial charge in [-0.3, -0.25) is 0 Å².